The molecular formula is C13H17Cl2NO2. The Balaban J connectivity index is 2.71. The summed E-state index contributed by atoms with van der Waals surface area (Å²) in [5.74, 6) is 0.529. The van der Waals surface area contributed by atoms with Crippen LogP contribution in [0.3, 0.4) is 0 Å². The van der Waals surface area contributed by atoms with Crippen LogP contribution in [0.15, 0.2) is 18.2 Å². The van der Waals surface area contributed by atoms with Gasteiger partial charge in [0.1, 0.15) is 0 Å². The molecule has 1 aromatic rings. The summed E-state index contributed by atoms with van der Waals surface area (Å²) < 4.78 is 0. The van der Waals surface area contributed by atoms with Crippen molar-refractivity contribution in [3.63, 3.8) is 0 Å². The molecule has 5 heteroatoms. The first kappa shape index (κ1) is 15.3. The summed E-state index contributed by atoms with van der Waals surface area (Å²) in [7, 11) is 0. The van der Waals surface area contributed by atoms with Gasteiger partial charge in [0.05, 0.1) is 4.92 Å². The SMILES string of the molecule is CC(C)CC(Cl)CCc1cc(Cl)ccc1[N+](=O)[O-]. The fourth-order valence-corrected chi connectivity index (χ4v) is 2.53. The zero-order valence-corrected chi connectivity index (χ0v) is 12.0. The van der Waals surface area contributed by atoms with Crippen LogP contribution in [-0.4, -0.2) is 10.3 Å². The van der Waals surface area contributed by atoms with E-state index in [0.717, 1.165) is 12.8 Å². The molecule has 0 amide bonds. The maximum absolute atomic E-state index is 10.9. The Bertz CT molecular complexity index is 421. The highest BCUT2D eigenvalue weighted by Crippen LogP contribution is 2.26. The molecule has 0 N–H and O–H groups in total. The molecule has 0 aromatic heterocycles. The molecule has 0 saturated heterocycles. The van der Waals surface area contributed by atoms with Gasteiger partial charge in [-0.2, -0.15) is 0 Å². The van der Waals surface area contributed by atoms with Crippen LogP contribution in [0.2, 0.25) is 5.02 Å². The van der Waals surface area contributed by atoms with Crippen molar-refractivity contribution in [2.24, 2.45) is 5.92 Å². The Morgan fingerprint density at radius 1 is 1.39 bits per heavy atom. The van der Waals surface area contributed by atoms with Gasteiger partial charge < -0.3 is 0 Å². The Hall–Kier alpha value is -0.800. The standard InChI is InChI=1S/C13H17Cl2NO2/c1-9(2)7-11(14)4-3-10-8-12(15)5-6-13(10)16(17)18/h5-6,8-9,11H,3-4,7H2,1-2H3. The average Bonchev–Trinajstić information content (AvgIpc) is 2.25. The predicted molar refractivity (Wildman–Crippen MR) is 75.5 cm³/mol. The number of benzene rings is 1. The van der Waals surface area contributed by atoms with Crippen molar-refractivity contribution in [1.29, 1.82) is 0 Å². The van der Waals surface area contributed by atoms with Crippen molar-refractivity contribution in [2.75, 3.05) is 0 Å². The number of nitrogens with zero attached hydrogens (tertiary/aromatic N) is 1. The third kappa shape index (κ3) is 4.83. The number of nitro groups is 1. The molecule has 0 spiro atoms. The van der Waals surface area contributed by atoms with Gasteiger partial charge in [-0.1, -0.05) is 25.4 Å². The van der Waals surface area contributed by atoms with Crippen molar-refractivity contribution in [1.82, 2.24) is 0 Å². The van der Waals surface area contributed by atoms with E-state index >= 15 is 0 Å². The van der Waals surface area contributed by atoms with E-state index in [-0.39, 0.29) is 16.0 Å². The molecule has 1 atom stereocenters. The highest BCUT2D eigenvalue weighted by atomic mass is 35.5. The average molecular weight is 290 g/mol. The van der Waals surface area contributed by atoms with Crippen LogP contribution in [-0.2, 0) is 6.42 Å². The van der Waals surface area contributed by atoms with Gasteiger partial charge in [-0.05, 0) is 37.3 Å². The first-order valence-electron chi connectivity index (χ1n) is 5.97. The highest BCUT2D eigenvalue weighted by molar-refractivity contribution is 6.30. The molecule has 1 aromatic carbocycles. The Kier molecular flexibility index (Phi) is 5.89. The number of hydrogen-bond donors (Lipinski definition) is 0. The molecule has 0 fully saturated rings. The van der Waals surface area contributed by atoms with Gasteiger partial charge in [0.15, 0.2) is 0 Å². The van der Waals surface area contributed by atoms with E-state index in [1.165, 1.54) is 12.1 Å². The Morgan fingerprint density at radius 2 is 2.06 bits per heavy atom. The van der Waals surface area contributed by atoms with Crippen molar-refractivity contribution in [2.45, 2.75) is 38.5 Å². The minimum absolute atomic E-state index is 0.0450. The lowest BCUT2D eigenvalue weighted by Crippen LogP contribution is -2.06. The first-order valence-corrected chi connectivity index (χ1v) is 6.78. The van der Waals surface area contributed by atoms with Gasteiger partial charge in [-0.25, -0.2) is 0 Å². The molecule has 0 heterocycles. The monoisotopic (exact) mass is 289 g/mol. The molecule has 0 radical (unpaired) electrons. The lowest BCUT2D eigenvalue weighted by molar-refractivity contribution is -0.385. The number of nitro benzene ring substituents is 1. The molecule has 1 rings (SSSR count). The van der Waals surface area contributed by atoms with Crippen LogP contribution in [0.1, 0.15) is 32.3 Å². The Labute approximate surface area is 117 Å². The van der Waals surface area contributed by atoms with Crippen LogP contribution < -0.4 is 0 Å². The van der Waals surface area contributed by atoms with Crippen LogP contribution in [0, 0.1) is 16.0 Å². The second-order valence-corrected chi connectivity index (χ2v) is 5.85. The summed E-state index contributed by atoms with van der Waals surface area (Å²) >= 11 is 12.1. The molecule has 18 heavy (non-hydrogen) atoms. The number of aryl methyl sites for hydroxylation is 1. The summed E-state index contributed by atoms with van der Waals surface area (Å²) in [4.78, 5) is 10.5. The lowest BCUT2D eigenvalue weighted by atomic mass is 10.0. The van der Waals surface area contributed by atoms with Gasteiger partial charge in [0.2, 0.25) is 0 Å². The summed E-state index contributed by atoms with van der Waals surface area (Å²) in [5, 5.41) is 11.4. The van der Waals surface area contributed by atoms with E-state index < -0.39 is 0 Å². The van der Waals surface area contributed by atoms with Crippen molar-refractivity contribution in [3.05, 3.63) is 38.9 Å². The highest BCUT2D eigenvalue weighted by Gasteiger charge is 2.15. The zero-order chi connectivity index (χ0) is 13.7. The van der Waals surface area contributed by atoms with Gasteiger partial charge >= 0.3 is 0 Å². The number of alkyl halides is 1. The van der Waals surface area contributed by atoms with Crippen molar-refractivity contribution < 1.29 is 4.92 Å². The number of hydrogen-bond acceptors (Lipinski definition) is 2. The number of halogens is 2. The fourth-order valence-electron chi connectivity index (χ4n) is 1.87. The summed E-state index contributed by atoms with van der Waals surface area (Å²) in [6.07, 6.45) is 2.22. The topological polar surface area (TPSA) is 43.1 Å². The fraction of sp³-hybridized carbons (Fsp3) is 0.538. The smallest absolute Gasteiger partial charge is 0.258 e. The van der Waals surface area contributed by atoms with Gasteiger partial charge in [-0.15, -0.1) is 11.6 Å². The van der Waals surface area contributed by atoms with Gasteiger partial charge in [0.25, 0.3) is 5.69 Å². The van der Waals surface area contributed by atoms with Gasteiger partial charge in [-0.3, -0.25) is 10.1 Å². The maximum atomic E-state index is 10.9. The van der Waals surface area contributed by atoms with E-state index in [2.05, 4.69) is 13.8 Å². The quantitative estimate of drug-likeness (QED) is 0.427. The second kappa shape index (κ2) is 6.95. The minimum atomic E-state index is -0.378. The molecular weight excluding hydrogens is 273 g/mol. The molecule has 3 nitrogen and oxygen atoms in total. The molecule has 100 valence electrons. The number of rotatable bonds is 6. The van der Waals surface area contributed by atoms with Crippen LogP contribution in [0.4, 0.5) is 5.69 Å². The van der Waals surface area contributed by atoms with E-state index in [9.17, 15) is 10.1 Å². The second-order valence-electron chi connectivity index (χ2n) is 4.80. The molecule has 0 aliphatic heterocycles. The van der Waals surface area contributed by atoms with E-state index in [1.807, 2.05) is 0 Å². The minimum Gasteiger partial charge on any atom is -0.258 e. The van der Waals surface area contributed by atoms with Crippen molar-refractivity contribution >= 4 is 28.9 Å². The summed E-state index contributed by atoms with van der Waals surface area (Å²) in [5.41, 5.74) is 0.773. The Morgan fingerprint density at radius 3 is 2.61 bits per heavy atom. The lowest BCUT2D eigenvalue weighted by Gasteiger charge is -2.11. The van der Waals surface area contributed by atoms with E-state index in [0.29, 0.717) is 22.9 Å². The normalized spacial score (nSPS) is 12.7. The summed E-state index contributed by atoms with van der Waals surface area (Å²) in [6, 6.07) is 4.64. The molecule has 0 bridgehead atoms. The molecule has 1 unspecified atom stereocenters. The van der Waals surface area contributed by atoms with E-state index in [1.54, 1.807) is 6.07 Å². The third-order valence-corrected chi connectivity index (χ3v) is 3.32. The van der Waals surface area contributed by atoms with E-state index in [4.69, 9.17) is 23.2 Å². The molecule has 0 aliphatic rings. The largest absolute Gasteiger partial charge is 0.272 e. The zero-order valence-electron chi connectivity index (χ0n) is 10.5. The molecule has 0 aliphatic carbocycles. The van der Waals surface area contributed by atoms with Crippen molar-refractivity contribution in [3.8, 4) is 0 Å². The maximum Gasteiger partial charge on any atom is 0.272 e. The van der Waals surface area contributed by atoms with Gasteiger partial charge in [0, 0.05) is 22.0 Å². The van der Waals surface area contributed by atoms with Crippen LogP contribution in [0.5, 0.6) is 0 Å². The van der Waals surface area contributed by atoms with Crippen LogP contribution in [0.25, 0.3) is 0 Å². The predicted octanol–water partition coefficient (Wildman–Crippen LogP) is 4.83. The molecule has 0 saturated carbocycles. The summed E-state index contributed by atoms with van der Waals surface area (Å²) in [6.45, 7) is 4.22. The third-order valence-electron chi connectivity index (χ3n) is 2.69. The first-order chi connectivity index (χ1) is 8.40. The van der Waals surface area contributed by atoms with Crippen LogP contribution >= 0.6 is 23.2 Å².